The first-order valence-electron chi connectivity index (χ1n) is 7.37. The standard InChI is InChI=1S/C17H14ClN3O2S2/c1-10(22)19-8-11-2-4-12(5-3-11)13-9-24-17(20-13)21-16(23)14-6-7-15(18)25-14/h2-7,9H,8H2,1H3,(H,19,22)(H,20,21,23). The Balaban J connectivity index is 1.66. The quantitative estimate of drug-likeness (QED) is 0.676. The van der Waals surface area contributed by atoms with Crippen molar-refractivity contribution in [2.24, 2.45) is 0 Å². The van der Waals surface area contributed by atoms with Crippen molar-refractivity contribution >= 4 is 51.2 Å². The van der Waals surface area contributed by atoms with Gasteiger partial charge in [0.05, 0.1) is 14.9 Å². The van der Waals surface area contributed by atoms with Crippen LogP contribution in [0, 0.1) is 0 Å². The summed E-state index contributed by atoms with van der Waals surface area (Å²) in [5, 5.41) is 7.96. The summed E-state index contributed by atoms with van der Waals surface area (Å²) in [4.78, 5) is 28.0. The molecule has 0 aliphatic rings. The van der Waals surface area contributed by atoms with Crippen LogP contribution in [0.25, 0.3) is 11.3 Å². The predicted octanol–water partition coefficient (Wildman–Crippen LogP) is 4.41. The molecule has 2 aromatic heterocycles. The summed E-state index contributed by atoms with van der Waals surface area (Å²) < 4.78 is 0.573. The molecule has 0 saturated carbocycles. The molecule has 0 fully saturated rings. The van der Waals surface area contributed by atoms with Gasteiger partial charge in [-0.25, -0.2) is 4.98 Å². The minimum Gasteiger partial charge on any atom is -0.352 e. The average Bonchev–Trinajstić information content (AvgIpc) is 3.22. The topological polar surface area (TPSA) is 71.1 Å². The zero-order chi connectivity index (χ0) is 17.8. The molecule has 1 aromatic carbocycles. The van der Waals surface area contributed by atoms with Gasteiger partial charge in [0.2, 0.25) is 5.91 Å². The molecular formula is C17H14ClN3O2S2. The van der Waals surface area contributed by atoms with Crippen LogP contribution in [0.3, 0.4) is 0 Å². The van der Waals surface area contributed by atoms with Gasteiger partial charge < -0.3 is 5.32 Å². The maximum atomic E-state index is 12.1. The molecule has 0 bridgehead atoms. The highest BCUT2D eigenvalue weighted by molar-refractivity contribution is 7.18. The second kappa shape index (κ2) is 7.77. The predicted molar refractivity (Wildman–Crippen MR) is 102 cm³/mol. The Labute approximate surface area is 157 Å². The molecule has 8 heteroatoms. The van der Waals surface area contributed by atoms with E-state index in [1.807, 2.05) is 29.6 Å². The van der Waals surface area contributed by atoms with Gasteiger partial charge in [-0.1, -0.05) is 35.9 Å². The van der Waals surface area contributed by atoms with Gasteiger partial charge in [-0.3, -0.25) is 14.9 Å². The maximum absolute atomic E-state index is 12.1. The third-order valence-corrected chi connectivity index (χ3v) is 5.30. The number of anilines is 1. The molecule has 0 atom stereocenters. The number of carbonyl (C=O) groups is 2. The molecule has 0 spiro atoms. The summed E-state index contributed by atoms with van der Waals surface area (Å²) >= 11 is 8.44. The molecule has 2 N–H and O–H groups in total. The van der Waals surface area contributed by atoms with Crippen molar-refractivity contribution in [1.82, 2.24) is 10.3 Å². The summed E-state index contributed by atoms with van der Waals surface area (Å²) in [6, 6.07) is 11.1. The van der Waals surface area contributed by atoms with Gasteiger partial charge in [0, 0.05) is 24.4 Å². The molecule has 128 valence electrons. The van der Waals surface area contributed by atoms with E-state index in [0.29, 0.717) is 20.9 Å². The van der Waals surface area contributed by atoms with Crippen LogP contribution in [0.15, 0.2) is 41.8 Å². The van der Waals surface area contributed by atoms with E-state index in [4.69, 9.17) is 11.6 Å². The minimum atomic E-state index is -0.219. The number of benzene rings is 1. The van der Waals surface area contributed by atoms with E-state index in [1.54, 1.807) is 12.1 Å². The van der Waals surface area contributed by atoms with Crippen molar-refractivity contribution in [3.05, 3.63) is 56.6 Å². The Bertz CT molecular complexity index is 903. The summed E-state index contributed by atoms with van der Waals surface area (Å²) in [5.41, 5.74) is 2.75. The third-order valence-electron chi connectivity index (χ3n) is 3.31. The first kappa shape index (κ1) is 17.6. The fraction of sp³-hybridized carbons (Fsp3) is 0.118. The largest absolute Gasteiger partial charge is 0.352 e. The van der Waals surface area contributed by atoms with Crippen molar-refractivity contribution in [2.45, 2.75) is 13.5 Å². The van der Waals surface area contributed by atoms with E-state index in [-0.39, 0.29) is 11.8 Å². The highest BCUT2D eigenvalue weighted by Gasteiger charge is 2.12. The zero-order valence-electron chi connectivity index (χ0n) is 13.2. The van der Waals surface area contributed by atoms with Crippen LogP contribution in [0.4, 0.5) is 5.13 Å². The number of carbonyl (C=O) groups excluding carboxylic acids is 2. The van der Waals surface area contributed by atoms with Crippen molar-refractivity contribution in [2.75, 3.05) is 5.32 Å². The molecule has 3 rings (SSSR count). The molecule has 2 amide bonds. The lowest BCUT2D eigenvalue weighted by atomic mass is 10.1. The van der Waals surface area contributed by atoms with E-state index < -0.39 is 0 Å². The lowest BCUT2D eigenvalue weighted by molar-refractivity contribution is -0.119. The molecule has 0 aliphatic heterocycles. The van der Waals surface area contributed by atoms with Crippen LogP contribution < -0.4 is 10.6 Å². The highest BCUT2D eigenvalue weighted by Crippen LogP contribution is 2.27. The van der Waals surface area contributed by atoms with Gasteiger partial charge in [-0.15, -0.1) is 22.7 Å². The van der Waals surface area contributed by atoms with Crippen LogP contribution in [0.1, 0.15) is 22.2 Å². The number of hydrogen-bond acceptors (Lipinski definition) is 5. The van der Waals surface area contributed by atoms with Crippen molar-refractivity contribution in [1.29, 1.82) is 0 Å². The van der Waals surface area contributed by atoms with Gasteiger partial charge in [0.15, 0.2) is 5.13 Å². The second-order valence-electron chi connectivity index (χ2n) is 5.20. The lowest BCUT2D eigenvalue weighted by Crippen LogP contribution is -2.18. The Morgan fingerprint density at radius 3 is 2.56 bits per heavy atom. The average molecular weight is 392 g/mol. The molecule has 3 aromatic rings. The number of nitrogens with one attached hydrogen (secondary N) is 2. The Morgan fingerprint density at radius 2 is 1.92 bits per heavy atom. The van der Waals surface area contributed by atoms with Gasteiger partial charge >= 0.3 is 0 Å². The summed E-state index contributed by atoms with van der Waals surface area (Å²) in [6.45, 7) is 1.99. The number of amides is 2. The van der Waals surface area contributed by atoms with E-state index in [9.17, 15) is 9.59 Å². The summed E-state index contributed by atoms with van der Waals surface area (Å²) in [6.07, 6.45) is 0. The lowest BCUT2D eigenvalue weighted by Gasteiger charge is -2.03. The number of thiophene rings is 1. The van der Waals surface area contributed by atoms with Crippen molar-refractivity contribution in [3.8, 4) is 11.3 Å². The van der Waals surface area contributed by atoms with Gasteiger partial charge in [-0.05, 0) is 17.7 Å². The molecule has 0 aliphatic carbocycles. The normalized spacial score (nSPS) is 10.5. The van der Waals surface area contributed by atoms with Crippen LogP contribution in [-0.4, -0.2) is 16.8 Å². The zero-order valence-corrected chi connectivity index (χ0v) is 15.6. The van der Waals surface area contributed by atoms with Crippen LogP contribution >= 0.6 is 34.3 Å². The number of nitrogens with zero attached hydrogens (tertiary/aromatic N) is 1. The van der Waals surface area contributed by atoms with Gasteiger partial charge in [0.25, 0.3) is 5.91 Å². The third kappa shape index (κ3) is 4.66. The van der Waals surface area contributed by atoms with Crippen molar-refractivity contribution in [3.63, 3.8) is 0 Å². The monoisotopic (exact) mass is 391 g/mol. The highest BCUT2D eigenvalue weighted by atomic mass is 35.5. The van der Waals surface area contributed by atoms with E-state index in [0.717, 1.165) is 16.8 Å². The molecule has 5 nitrogen and oxygen atoms in total. The van der Waals surface area contributed by atoms with E-state index >= 15 is 0 Å². The molecular weight excluding hydrogens is 378 g/mol. The Morgan fingerprint density at radius 1 is 1.16 bits per heavy atom. The second-order valence-corrected chi connectivity index (χ2v) is 7.78. The summed E-state index contributed by atoms with van der Waals surface area (Å²) in [5.74, 6) is -0.278. The molecule has 0 unspecified atom stereocenters. The molecule has 2 heterocycles. The number of aromatic nitrogens is 1. The number of hydrogen-bond donors (Lipinski definition) is 2. The van der Waals surface area contributed by atoms with Crippen LogP contribution in [-0.2, 0) is 11.3 Å². The number of halogens is 1. The Hall–Kier alpha value is -2.22. The number of thiazole rings is 1. The first-order chi connectivity index (χ1) is 12.0. The van der Waals surface area contributed by atoms with Crippen LogP contribution in [0.2, 0.25) is 4.34 Å². The van der Waals surface area contributed by atoms with E-state index in [1.165, 1.54) is 29.6 Å². The first-order valence-corrected chi connectivity index (χ1v) is 9.44. The Kier molecular flexibility index (Phi) is 5.47. The molecule has 0 saturated heterocycles. The van der Waals surface area contributed by atoms with Crippen LogP contribution in [0.5, 0.6) is 0 Å². The smallest absolute Gasteiger partial charge is 0.267 e. The fourth-order valence-corrected chi connectivity index (χ4v) is 3.73. The summed E-state index contributed by atoms with van der Waals surface area (Å²) in [7, 11) is 0. The molecule has 25 heavy (non-hydrogen) atoms. The SMILES string of the molecule is CC(=O)NCc1ccc(-c2csc(NC(=O)c3ccc(Cl)s3)n2)cc1. The maximum Gasteiger partial charge on any atom is 0.267 e. The molecule has 0 radical (unpaired) electrons. The number of rotatable bonds is 5. The van der Waals surface area contributed by atoms with Gasteiger partial charge in [-0.2, -0.15) is 0 Å². The van der Waals surface area contributed by atoms with Crippen molar-refractivity contribution < 1.29 is 9.59 Å². The fourth-order valence-electron chi connectivity index (χ4n) is 2.08. The van der Waals surface area contributed by atoms with E-state index in [2.05, 4.69) is 15.6 Å². The van der Waals surface area contributed by atoms with Gasteiger partial charge in [0.1, 0.15) is 0 Å². The minimum absolute atomic E-state index is 0.0593.